The Hall–Kier alpha value is -2.24. The van der Waals surface area contributed by atoms with Gasteiger partial charge >= 0.3 is 0 Å². The average molecular weight is 339 g/mol. The molecule has 0 saturated carbocycles. The van der Waals surface area contributed by atoms with Gasteiger partial charge in [-0.3, -0.25) is 15.0 Å². The van der Waals surface area contributed by atoms with E-state index < -0.39 is 0 Å². The van der Waals surface area contributed by atoms with Gasteiger partial charge in [0.05, 0.1) is 10.2 Å². The molecule has 0 spiro atoms. The van der Waals surface area contributed by atoms with E-state index in [1.165, 1.54) is 16.9 Å². The van der Waals surface area contributed by atoms with Crippen LogP contribution in [0.25, 0.3) is 10.2 Å². The maximum absolute atomic E-state index is 12.4. The van der Waals surface area contributed by atoms with Gasteiger partial charge in [-0.1, -0.05) is 49.4 Å². The van der Waals surface area contributed by atoms with Crippen molar-refractivity contribution in [1.82, 2.24) is 9.88 Å². The number of hydrogen-bond acceptors (Lipinski definition) is 4. The van der Waals surface area contributed by atoms with E-state index in [1.54, 1.807) is 0 Å². The lowest BCUT2D eigenvalue weighted by Gasteiger charge is -2.17. The molecule has 24 heavy (non-hydrogen) atoms. The monoisotopic (exact) mass is 339 g/mol. The van der Waals surface area contributed by atoms with Crippen LogP contribution < -0.4 is 5.32 Å². The largest absolute Gasteiger partial charge is 0.300 e. The molecule has 0 aliphatic heterocycles. The number of amides is 1. The van der Waals surface area contributed by atoms with Crippen molar-refractivity contribution in [2.45, 2.75) is 20.4 Å². The number of nitrogens with zero attached hydrogens (tertiary/aromatic N) is 2. The highest BCUT2D eigenvalue weighted by Crippen LogP contribution is 2.25. The van der Waals surface area contributed by atoms with Crippen LogP contribution in [0.2, 0.25) is 0 Å². The molecule has 0 unspecified atom stereocenters. The van der Waals surface area contributed by atoms with Crippen LogP contribution in [0.3, 0.4) is 0 Å². The van der Waals surface area contributed by atoms with Crippen molar-refractivity contribution in [1.29, 1.82) is 0 Å². The summed E-state index contributed by atoms with van der Waals surface area (Å²) in [4.78, 5) is 19.2. The number of nitrogens with one attached hydrogen (secondary N) is 1. The average Bonchev–Trinajstić information content (AvgIpc) is 3.02. The lowest BCUT2D eigenvalue weighted by atomic mass is 10.1. The first-order chi connectivity index (χ1) is 11.7. The molecule has 0 fully saturated rings. The number of rotatable bonds is 6. The third kappa shape index (κ3) is 3.80. The van der Waals surface area contributed by atoms with Gasteiger partial charge in [-0.25, -0.2) is 4.98 Å². The number of anilines is 1. The molecule has 3 aromatic rings. The van der Waals surface area contributed by atoms with Crippen molar-refractivity contribution >= 4 is 32.6 Å². The zero-order valence-corrected chi connectivity index (χ0v) is 14.8. The van der Waals surface area contributed by atoms with Crippen molar-refractivity contribution in [2.75, 3.05) is 18.4 Å². The summed E-state index contributed by atoms with van der Waals surface area (Å²) < 4.78 is 1.07. The van der Waals surface area contributed by atoms with Crippen LogP contribution in [0, 0.1) is 0 Å². The third-order valence-corrected chi connectivity index (χ3v) is 4.98. The van der Waals surface area contributed by atoms with Crippen LogP contribution in [0.15, 0.2) is 48.5 Å². The third-order valence-electron chi connectivity index (χ3n) is 4.03. The van der Waals surface area contributed by atoms with Gasteiger partial charge in [0, 0.05) is 12.1 Å². The summed E-state index contributed by atoms with van der Waals surface area (Å²) in [5.41, 5.74) is 2.78. The number of thiazole rings is 1. The summed E-state index contributed by atoms with van der Waals surface area (Å²) in [7, 11) is 0. The van der Waals surface area contributed by atoms with E-state index in [0.29, 0.717) is 10.7 Å². The maximum Gasteiger partial charge on any atom is 0.257 e. The molecule has 0 saturated heterocycles. The van der Waals surface area contributed by atoms with Gasteiger partial charge in [0.25, 0.3) is 5.91 Å². The van der Waals surface area contributed by atoms with Crippen LogP contribution >= 0.6 is 11.3 Å². The van der Waals surface area contributed by atoms with Crippen LogP contribution in [0.4, 0.5) is 5.13 Å². The standard InChI is InChI=1S/C19H21N3OS/c1-3-22(4-2)13-14-9-11-15(12-10-14)18(23)21-19-20-16-7-5-6-8-17(16)24-19/h5-12H,3-4,13H2,1-2H3,(H,20,21,23). The zero-order valence-electron chi connectivity index (χ0n) is 14.0. The van der Waals surface area contributed by atoms with E-state index >= 15 is 0 Å². The summed E-state index contributed by atoms with van der Waals surface area (Å²) in [6.45, 7) is 7.27. The Morgan fingerprint density at radius 1 is 1.08 bits per heavy atom. The van der Waals surface area contributed by atoms with Crippen LogP contribution in [-0.4, -0.2) is 28.9 Å². The van der Waals surface area contributed by atoms with E-state index in [0.717, 1.165) is 29.9 Å². The Labute approximate surface area is 146 Å². The Kier molecular flexibility index (Phi) is 5.23. The van der Waals surface area contributed by atoms with E-state index in [2.05, 4.69) is 29.0 Å². The topological polar surface area (TPSA) is 45.2 Å². The first-order valence-electron chi connectivity index (χ1n) is 8.17. The number of fused-ring (bicyclic) bond motifs is 1. The van der Waals surface area contributed by atoms with Crippen LogP contribution in [0.1, 0.15) is 29.8 Å². The van der Waals surface area contributed by atoms with Gasteiger partial charge in [-0.05, 0) is 42.9 Å². The second kappa shape index (κ2) is 7.55. The number of carbonyl (C=O) groups excluding carboxylic acids is 1. The van der Waals surface area contributed by atoms with Crippen molar-refractivity contribution in [3.05, 3.63) is 59.7 Å². The fourth-order valence-corrected chi connectivity index (χ4v) is 3.42. The second-order valence-corrected chi connectivity index (χ2v) is 6.63. The molecule has 0 radical (unpaired) electrons. The summed E-state index contributed by atoms with van der Waals surface area (Å²) in [6.07, 6.45) is 0. The zero-order chi connectivity index (χ0) is 16.9. The predicted molar refractivity (Wildman–Crippen MR) is 101 cm³/mol. The molecule has 3 rings (SSSR count). The van der Waals surface area contributed by atoms with Crippen molar-refractivity contribution in [2.24, 2.45) is 0 Å². The molecular weight excluding hydrogens is 318 g/mol. The maximum atomic E-state index is 12.4. The molecule has 1 aromatic heterocycles. The highest BCUT2D eigenvalue weighted by Gasteiger charge is 2.10. The number of hydrogen-bond donors (Lipinski definition) is 1. The van der Waals surface area contributed by atoms with Gasteiger partial charge in [0.15, 0.2) is 5.13 Å². The minimum absolute atomic E-state index is 0.122. The predicted octanol–water partition coefficient (Wildman–Crippen LogP) is 4.39. The lowest BCUT2D eigenvalue weighted by molar-refractivity contribution is 0.102. The molecule has 1 N–H and O–H groups in total. The highest BCUT2D eigenvalue weighted by atomic mass is 32.1. The second-order valence-electron chi connectivity index (χ2n) is 5.60. The molecule has 1 heterocycles. The molecule has 4 nitrogen and oxygen atoms in total. The molecule has 1 amide bonds. The Balaban J connectivity index is 1.68. The molecule has 5 heteroatoms. The quantitative estimate of drug-likeness (QED) is 0.724. The fourth-order valence-electron chi connectivity index (χ4n) is 2.56. The summed E-state index contributed by atoms with van der Waals surface area (Å²) in [6, 6.07) is 15.7. The lowest BCUT2D eigenvalue weighted by Crippen LogP contribution is -2.22. The van der Waals surface area contributed by atoms with E-state index in [1.807, 2.05) is 48.5 Å². The minimum Gasteiger partial charge on any atom is -0.300 e. The van der Waals surface area contributed by atoms with Gasteiger partial charge in [0.2, 0.25) is 0 Å². The molecule has 2 aromatic carbocycles. The van der Waals surface area contributed by atoms with Gasteiger partial charge in [-0.2, -0.15) is 0 Å². The SMILES string of the molecule is CCN(CC)Cc1ccc(C(=O)Nc2nc3ccccc3s2)cc1. The van der Waals surface area contributed by atoms with E-state index in [4.69, 9.17) is 0 Å². The number of benzene rings is 2. The van der Waals surface area contributed by atoms with Crippen molar-refractivity contribution in [3.63, 3.8) is 0 Å². The molecule has 0 bridgehead atoms. The molecule has 0 atom stereocenters. The van der Waals surface area contributed by atoms with Gasteiger partial charge < -0.3 is 0 Å². The van der Waals surface area contributed by atoms with E-state index in [9.17, 15) is 4.79 Å². The first kappa shape index (κ1) is 16.6. The van der Waals surface area contributed by atoms with Crippen LogP contribution in [0.5, 0.6) is 0 Å². The van der Waals surface area contributed by atoms with E-state index in [-0.39, 0.29) is 5.91 Å². The summed E-state index contributed by atoms with van der Waals surface area (Å²) in [5.74, 6) is -0.122. The summed E-state index contributed by atoms with van der Waals surface area (Å²) in [5, 5.41) is 3.52. The molecule has 0 aliphatic carbocycles. The van der Waals surface area contributed by atoms with Gasteiger partial charge in [0.1, 0.15) is 0 Å². The van der Waals surface area contributed by atoms with Crippen LogP contribution in [-0.2, 0) is 6.54 Å². The Morgan fingerprint density at radius 2 is 1.79 bits per heavy atom. The molecule has 124 valence electrons. The smallest absolute Gasteiger partial charge is 0.257 e. The van der Waals surface area contributed by atoms with Gasteiger partial charge in [-0.15, -0.1) is 0 Å². The fraction of sp³-hybridized carbons (Fsp3) is 0.263. The first-order valence-corrected chi connectivity index (χ1v) is 8.99. The normalized spacial score (nSPS) is 11.1. The Morgan fingerprint density at radius 3 is 2.46 bits per heavy atom. The number of aromatic nitrogens is 1. The molecule has 0 aliphatic rings. The number of carbonyl (C=O) groups is 1. The Bertz CT molecular complexity index is 789. The molecular formula is C19H21N3OS. The van der Waals surface area contributed by atoms with Crippen molar-refractivity contribution in [3.8, 4) is 0 Å². The summed E-state index contributed by atoms with van der Waals surface area (Å²) >= 11 is 1.49. The van der Waals surface area contributed by atoms with Crippen molar-refractivity contribution < 1.29 is 4.79 Å². The number of para-hydroxylation sites is 1. The highest BCUT2D eigenvalue weighted by molar-refractivity contribution is 7.22. The minimum atomic E-state index is -0.122.